The lowest BCUT2D eigenvalue weighted by atomic mass is 9.97. The molecule has 2 saturated heterocycles. The summed E-state index contributed by atoms with van der Waals surface area (Å²) in [5.74, 6) is 0. The smallest absolute Gasteiger partial charge is 0.383 e. The Morgan fingerprint density at radius 1 is 1.64 bits per heavy atom. The molecule has 2 rings (SSSR count). The monoisotopic (exact) mass is 225 g/mol. The van der Waals surface area contributed by atoms with E-state index >= 15 is 0 Å². The van der Waals surface area contributed by atoms with E-state index in [2.05, 4.69) is 4.52 Å². The number of rotatable bonds is 0. The van der Waals surface area contributed by atoms with Crippen LogP contribution in [-0.4, -0.2) is 40.6 Å². The molecule has 82 valence electrons. The van der Waals surface area contributed by atoms with Crippen LogP contribution in [-0.2, 0) is 18.3 Å². The van der Waals surface area contributed by atoms with Crippen molar-refractivity contribution in [2.24, 2.45) is 5.73 Å². The molecule has 14 heavy (non-hydrogen) atoms. The van der Waals surface area contributed by atoms with Gasteiger partial charge in [0.25, 0.3) is 0 Å². The molecular formula is C6H12NO6P. The number of hydrogen-bond acceptors (Lipinski definition) is 6. The summed E-state index contributed by atoms with van der Waals surface area (Å²) < 4.78 is 25.4. The molecule has 0 aromatic carbocycles. The van der Waals surface area contributed by atoms with E-state index in [1.807, 2.05) is 0 Å². The molecule has 2 aliphatic heterocycles. The highest BCUT2D eigenvalue weighted by Crippen LogP contribution is 2.52. The summed E-state index contributed by atoms with van der Waals surface area (Å²) in [5, 5.41) is 9.83. The molecule has 0 saturated carbocycles. The molecule has 4 N–H and O–H groups in total. The minimum Gasteiger partial charge on any atom is -0.383 e. The third kappa shape index (κ3) is 1.51. The van der Waals surface area contributed by atoms with Crippen molar-refractivity contribution in [3.05, 3.63) is 0 Å². The van der Waals surface area contributed by atoms with Crippen LogP contribution in [0.1, 0.15) is 6.92 Å². The molecule has 8 heteroatoms. The molecule has 0 aromatic rings. The van der Waals surface area contributed by atoms with Crippen LogP contribution >= 0.6 is 7.82 Å². The minimum absolute atomic E-state index is 0.109. The third-order valence-corrected chi connectivity index (χ3v) is 3.43. The second kappa shape index (κ2) is 2.99. The molecule has 1 unspecified atom stereocenters. The number of hydrogen-bond donors (Lipinski definition) is 3. The van der Waals surface area contributed by atoms with Crippen LogP contribution in [0.15, 0.2) is 0 Å². The maximum absolute atomic E-state index is 11.1. The van der Waals surface area contributed by atoms with Crippen LogP contribution in [0.25, 0.3) is 0 Å². The predicted molar refractivity (Wildman–Crippen MR) is 44.1 cm³/mol. The molecule has 2 aliphatic rings. The van der Waals surface area contributed by atoms with Crippen LogP contribution in [0.3, 0.4) is 0 Å². The van der Waals surface area contributed by atoms with E-state index in [9.17, 15) is 9.67 Å². The second-order valence-corrected chi connectivity index (χ2v) is 5.02. The van der Waals surface area contributed by atoms with Crippen molar-refractivity contribution >= 4 is 7.82 Å². The van der Waals surface area contributed by atoms with Gasteiger partial charge in [0.1, 0.15) is 24.0 Å². The van der Waals surface area contributed by atoms with Crippen molar-refractivity contribution in [1.29, 1.82) is 0 Å². The summed E-state index contributed by atoms with van der Waals surface area (Å²) in [4.78, 5) is 9.04. The van der Waals surface area contributed by atoms with Crippen molar-refractivity contribution in [3.8, 4) is 0 Å². The molecule has 0 radical (unpaired) electrons. The second-order valence-electron chi connectivity index (χ2n) is 3.61. The van der Waals surface area contributed by atoms with Gasteiger partial charge in [0.15, 0.2) is 0 Å². The SMILES string of the molecule is C[C@]1(O)[C@H](N)O[C@@H]2COP(=O)(O)O[C@H]21. The first-order valence-corrected chi connectivity index (χ1v) is 5.61. The van der Waals surface area contributed by atoms with Gasteiger partial charge in [-0.2, -0.15) is 0 Å². The zero-order valence-corrected chi connectivity index (χ0v) is 8.39. The summed E-state index contributed by atoms with van der Waals surface area (Å²) in [6.45, 7) is 1.29. The predicted octanol–water partition coefficient (Wildman–Crippen LogP) is -1.06. The Kier molecular flexibility index (Phi) is 2.24. The number of phosphoric ester groups is 1. The van der Waals surface area contributed by atoms with Gasteiger partial charge in [0.2, 0.25) is 0 Å². The lowest BCUT2D eigenvalue weighted by Crippen LogP contribution is -2.51. The Morgan fingerprint density at radius 3 is 2.93 bits per heavy atom. The number of phosphoric acid groups is 1. The average molecular weight is 225 g/mol. The molecule has 0 spiro atoms. The van der Waals surface area contributed by atoms with Crippen LogP contribution in [0, 0.1) is 0 Å². The lowest BCUT2D eigenvalue weighted by Gasteiger charge is -2.32. The van der Waals surface area contributed by atoms with Crippen molar-refractivity contribution in [2.75, 3.05) is 6.61 Å². The van der Waals surface area contributed by atoms with Gasteiger partial charge in [-0.05, 0) is 6.92 Å². The summed E-state index contributed by atoms with van der Waals surface area (Å²) >= 11 is 0. The quantitative estimate of drug-likeness (QED) is 0.450. The highest BCUT2D eigenvalue weighted by atomic mass is 31.2. The summed E-state index contributed by atoms with van der Waals surface area (Å²) in [6.07, 6.45) is -2.48. The summed E-state index contributed by atoms with van der Waals surface area (Å²) in [6, 6.07) is 0. The van der Waals surface area contributed by atoms with Crippen LogP contribution in [0.5, 0.6) is 0 Å². The zero-order valence-electron chi connectivity index (χ0n) is 7.49. The van der Waals surface area contributed by atoms with Gasteiger partial charge in [0.05, 0.1) is 6.61 Å². The Balaban J connectivity index is 2.23. The number of fused-ring (bicyclic) bond motifs is 1. The fourth-order valence-corrected chi connectivity index (χ4v) is 2.61. The van der Waals surface area contributed by atoms with E-state index in [0.717, 1.165) is 0 Å². The molecule has 0 amide bonds. The molecule has 2 heterocycles. The Bertz CT molecular complexity index is 294. The van der Waals surface area contributed by atoms with Gasteiger partial charge < -0.3 is 20.5 Å². The fraction of sp³-hybridized carbons (Fsp3) is 1.00. The van der Waals surface area contributed by atoms with Gasteiger partial charge in [0, 0.05) is 0 Å². The molecule has 7 nitrogen and oxygen atoms in total. The third-order valence-electron chi connectivity index (χ3n) is 2.46. The van der Waals surface area contributed by atoms with E-state index < -0.39 is 31.9 Å². The number of aliphatic hydroxyl groups is 1. The fourth-order valence-electron chi connectivity index (χ4n) is 1.58. The molecular weight excluding hydrogens is 213 g/mol. The van der Waals surface area contributed by atoms with E-state index in [1.165, 1.54) is 6.92 Å². The molecule has 0 bridgehead atoms. The van der Waals surface area contributed by atoms with Gasteiger partial charge in [-0.15, -0.1) is 0 Å². The van der Waals surface area contributed by atoms with Crippen LogP contribution in [0.4, 0.5) is 0 Å². The van der Waals surface area contributed by atoms with E-state index in [-0.39, 0.29) is 6.61 Å². The van der Waals surface area contributed by atoms with Gasteiger partial charge in [-0.1, -0.05) is 0 Å². The highest BCUT2D eigenvalue weighted by molar-refractivity contribution is 7.47. The highest BCUT2D eigenvalue weighted by Gasteiger charge is 2.57. The average Bonchev–Trinajstić information content (AvgIpc) is 2.26. The molecule has 0 aromatic heterocycles. The molecule has 0 aliphatic carbocycles. The Morgan fingerprint density at radius 2 is 2.29 bits per heavy atom. The first-order valence-electron chi connectivity index (χ1n) is 4.12. The van der Waals surface area contributed by atoms with Crippen LogP contribution in [0.2, 0.25) is 0 Å². The van der Waals surface area contributed by atoms with Crippen LogP contribution < -0.4 is 5.73 Å². The summed E-state index contributed by atoms with van der Waals surface area (Å²) in [5.41, 5.74) is 4.00. The van der Waals surface area contributed by atoms with Crippen molar-refractivity contribution in [3.63, 3.8) is 0 Å². The van der Waals surface area contributed by atoms with Gasteiger partial charge >= 0.3 is 7.82 Å². The maximum atomic E-state index is 11.1. The van der Waals surface area contributed by atoms with Crippen molar-refractivity contribution in [1.82, 2.24) is 0 Å². The molecule has 5 atom stereocenters. The van der Waals surface area contributed by atoms with Crippen molar-refractivity contribution in [2.45, 2.75) is 31.0 Å². The van der Waals surface area contributed by atoms with E-state index in [4.69, 9.17) is 19.9 Å². The largest absolute Gasteiger partial charge is 0.472 e. The van der Waals surface area contributed by atoms with Gasteiger partial charge in [-0.25, -0.2) is 4.57 Å². The topological polar surface area (TPSA) is 111 Å². The zero-order chi connectivity index (χ0) is 10.6. The lowest BCUT2D eigenvalue weighted by molar-refractivity contribution is -0.0730. The van der Waals surface area contributed by atoms with E-state index in [1.54, 1.807) is 0 Å². The number of ether oxygens (including phenoxy) is 1. The maximum Gasteiger partial charge on any atom is 0.472 e. The van der Waals surface area contributed by atoms with Gasteiger partial charge in [-0.3, -0.25) is 9.05 Å². The number of nitrogens with two attached hydrogens (primary N) is 1. The standard InChI is InChI=1S/C6H12NO6P/c1-6(8)4-3(12-5(6)7)2-11-14(9,10)13-4/h3-5,8H,2,7H2,1H3,(H,9,10)/t3-,4-,5-,6-/m1/s1. The first-order chi connectivity index (χ1) is 6.33. The Hall–Kier alpha value is -0.0100. The van der Waals surface area contributed by atoms with E-state index in [0.29, 0.717) is 0 Å². The first kappa shape index (κ1) is 10.5. The Labute approximate surface area is 80.4 Å². The summed E-state index contributed by atoms with van der Waals surface area (Å²) in [7, 11) is -4.06. The minimum atomic E-state index is -4.06. The van der Waals surface area contributed by atoms with Crippen molar-refractivity contribution < 1.29 is 28.3 Å². The normalized spacial score (nSPS) is 58.4. The molecule has 2 fully saturated rings.